The Balaban J connectivity index is 1.04. The minimum absolute atomic E-state index is 0.248. The van der Waals surface area contributed by atoms with Crippen LogP contribution in [0.2, 0.25) is 0 Å². The Kier molecular flexibility index (Phi) is 16.2. The van der Waals surface area contributed by atoms with E-state index in [1.165, 1.54) is 0 Å². The lowest BCUT2D eigenvalue weighted by Crippen LogP contribution is -2.39. The SMILES string of the molecule is Cc1cc(C)c(C(=O)P(=O)(c2ccccc2)c2ccccc2)c(C)c1COCCOC(C)(C)COC(C)(C)COCc1c(C)cc(C)c(C(=O)P(=O)(c2ccccc2)c2ccccc2)c1C. The molecule has 0 saturated heterocycles. The van der Waals surface area contributed by atoms with Gasteiger partial charge in [-0.25, -0.2) is 0 Å². The highest BCUT2D eigenvalue weighted by atomic mass is 31.2. The quantitative estimate of drug-likeness (QED) is 0.0519. The van der Waals surface area contributed by atoms with E-state index in [9.17, 15) is 14.2 Å². The van der Waals surface area contributed by atoms with Gasteiger partial charge in [0.05, 0.1) is 50.8 Å². The average Bonchev–Trinajstić information content (AvgIpc) is 3.30. The van der Waals surface area contributed by atoms with Crippen molar-refractivity contribution in [3.05, 3.63) is 189 Å². The molecule has 0 amide bonds. The maximum Gasteiger partial charge on any atom is 0.230 e. The lowest BCUT2D eigenvalue weighted by atomic mass is 9.94. The van der Waals surface area contributed by atoms with Crippen LogP contribution in [0.15, 0.2) is 133 Å². The van der Waals surface area contributed by atoms with Crippen molar-refractivity contribution in [2.45, 2.75) is 93.7 Å². The number of hydrogen-bond acceptors (Lipinski definition) is 8. The molecule has 0 N–H and O–H groups in total. The van der Waals surface area contributed by atoms with Crippen molar-refractivity contribution >= 4 is 46.6 Å². The smallest absolute Gasteiger partial charge is 0.230 e. The van der Waals surface area contributed by atoms with Crippen molar-refractivity contribution in [2.75, 3.05) is 26.4 Å². The van der Waals surface area contributed by atoms with Crippen LogP contribution >= 0.6 is 14.3 Å². The summed E-state index contributed by atoms with van der Waals surface area (Å²) in [5.74, 6) is 0. The first-order valence-corrected chi connectivity index (χ1v) is 25.9. The van der Waals surface area contributed by atoms with Crippen LogP contribution in [-0.4, -0.2) is 48.7 Å². The van der Waals surface area contributed by atoms with E-state index in [-0.39, 0.29) is 30.9 Å². The van der Waals surface area contributed by atoms with Crippen LogP contribution in [0.3, 0.4) is 0 Å². The van der Waals surface area contributed by atoms with Crippen molar-refractivity contribution in [3.63, 3.8) is 0 Å². The Morgan fingerprint density at radius 2 is 0.773 bits per heavy atom. The van der Waals surface area contributed by atoms with Crippen molar-refractivity contribution in [1.29, 1.82) is 0 Å². The van der Waals surface area contributed by atoms with Gasteiger partial charge in [-0.15, -0.1) is 0 Å². The molecule has 6 aromatic carbocycles. The molecule has 0 unspecified atom stereocenters. The van der Waals surface area contributed by atoms with E-state index in [0.29, 0.717) is 52.2 Å². The zero-order valence-corrected chi connectivity index (χ0v) is 41.9. The summed E-state index contributed by atoms with van der Waals surface area (Å²) in [6.45, 7) is 21.2. The van der Waals surface area contributed by atoms with Gasteiger partial charge >= 0.3 is 0 Å². The molecule has 6 rings (SSSR count). The van der Waals surface area contributed by atoms with Gasteiger partial charge in [-0.1, -0.05) is 133 Å². The van der Waals surface area contributed by atoms with Crippen LogP contribution in [-0.2, 0) is 41.3 Å². The minimum atomic E-state index is -3.70. The molecule has 0 aliphatic carbocycles. The predicted octanol–water partition coefficient (Wildman–Crippen LogP) is 11.2. The van der Waals surface area contributed by atoms with Gasteiger partial charge < -0.3 is 28.1 Å². The molecule has 0 fully saturated rings. The molecule has 0 saturated carbocycles. The number of ether oxygens (including phenoxy) is 4. The van der Waals surface area contributed by atoms with Gasteiger partial charge in [0, 0.05) is 32.3 Å². The number of aryl methyl sites for hydroxylation is 4. The Bertz CT molecular complexity index is 2660. The molecule has 10 heteroatoms. The molecule has 0 atom stereocenters. The van der Waals surface area contributed by atoms with Gasteiger partial charge in [0.1, 0.15) is 0 Å². The Morgan fingerprint density at radius 3 is 1.14 bits per heavy atom. The van der Waals surface area contributed by atoms with Crippen LogP contribution < -0.4 is 21.2 Å². The second-order valence-corrected chi connectivity index (χ2v) is 23.7. The first-order chi connectivity index (χ1) is 31.3. The fourth-order valence-corrected chi connectivity index (χ4v) is 13.8. The number of carbonyl (C=O) groups is 2. The Morgan fingerprint density at radius 1 is 0.439 bits per heavy atom. The maximum absolute atomic E-state index is 15.0. The summed E-state index contributed by atoms with van der Waals surface area (Å²) in [7, 11) is -7.40. The van der Waals surface area contributed by atoms with Crippen molar-refractivity contribution in [3.8, 4) is 0 Å². The lowest BCUT2D eigenvalue weighted by Gasteiger charge is -2.32. The third-order valence-corrected chi connectivity index (χ3v) is 17.9. The number of carbonyl (C=O) groups excluding carboxylic acids is 2. The number of rotatable bonds is 21. The zero-order valence-electron chi connectivity index (χ0n) is 40.1. The monoisotopic (exact) mass is 926 g/mol. The van der Waals surface area contributed by atoms with Crippen LogP contribution in [0.1, 0.15) is 92.9 Å². The van der Waals surface area contributed by atoms with E-state index in [1.54, 1.807) is 48.5 Å². The molecular weight excluding hydrogens is 863 g/mol. The van der Waals surface area contributed by atoms with Gasteiger partial charge in [-0.05, 0) is 114 Å². The summed E-state index contributed by atoms with van der Waals surface area (Å²) in [6.07, 6.45) is 0. The molecule has 0 heterocycles. The van der Waals surface area contributed by atoms with Crippen LogP contribution in [0.4, 0.5) is 0 Å². The van der Waals surface area contributed by atoms with E-state index in [1.807, 2.05) is 154 Å². The minimum Gasteiger partial charge on any atom is -0.374 e. The van der Waals surface area contributed by atoms with E-state index in [2.05, 4.69) is 0 Å². The first kappa shape index (κ1) is 50.4. The highest BCUT2D eigenvalue weighted by molar-refractivity contribution is 7.94. The fraction of sp³-hybridized carbons (Fsp3) is 0.321. The maximum atomic E-state index is 15.0. The first-order valence-electron chi connectivity index (χ1n) is 22.5. The molecule has 0 aliphatic heterocycles. The third kappa shape index (κ3) is 11.0. The summed E-state index contributed by atoms with van der Waals surface area (Å²) in [4.78, 5) is 29.1. The summed E-state index contributed by atoms with van der Waals surface area (Å²) < 4.78 is 55.1. The van der Waals surface area contributed by atoms with Crippen LogP contribution in [0.5, 0.6) is 0 Å². The molecule has 8 nitrogen and oxygen atoms in total. The summed E-state index contributed by atoms with van der Waals surface area (Å²) in [6, 6.07) is 40.1. The largest absolute Gasteiger partial charge is 0.374 e. The van der Waals surface area contributed by atoms with Gasteiger partial charge in [0.25, 0.3) is 0 Å². The van der Waals surface area contributed by atoms with Crippen LogP contribution in [0.25, 0.3) is 0 Å². The summed E-state index contributed by atoms with van der Waals surface area (Å²) in [5.41, 5.74) is 5.70. The standard InChI is InChI=1S/C56H64O8P2/c1-39-33-41(3)51(53(57)65(59,45-23-15-11-16-24-45)46-25-17-12-18-26-46)43(5)49(39)35-61-31-32-63-56(9,10)38-64-55(7,8)37-62-36-50-40(2)34-42(4)52(44(50)6)54(58)66(60,47-27-19-13-20-28-47)48-29-21-14-22-30-48/h11-30,33-34H,31-32,35-38H2,1-10H3. The molecule has 0 aliphatic rings. The fourth-order valence-electron chi connectivity index (χ4n) is 8.59. The predicted molar refractivity (Wildman–Crippen MR) is 269 cm³/mol. The number of hydrogen-bond donors (Lipinski definition) is 0. The van der Waals surface area contributed by atoms with Gasteiger partial charge in [0.2, 0.25) is 25.3 Å². The van der Waals surface area contributed by atoms with Crippen molar-refractivity contribution in [1.82, 2.24) is 0 Å². The summed E-state index contributed by atoms with van der Waals surface area (Å²) in [5, 5.41) is 2.02. The Hall–Kier alpha value is -5.04. The third-order valence-electron chi connectivity index (χ3n) is 12.2. The van der Waals surface area contributed by atoms with E-state index < -0.39 is 25.5 Å². The lowest BCUT2D eigenvalue weighted by molar-refractivity contribution is -0.146. The topological polar surface area (TPSA) is 105 Å². The second kappa shape index (κ2) is 21.3. The van der Waals surface area contributed by atoms with E-state index in [4.69, 9.17) is 18.9 Å². The molecule has 66 heavy (non-hydrogen) atoms. The van der Waals surface area contributed by atoms with Crippen molar-refractivity contribution < 1.29 is 37.7 Å². The molecule has 0 aromatic heterocycles. The summed E-state index contributed by atoms with van der Waals surface area (Å²) >= 11 is 0. The zero-order chi connectivity index (χ0) is 47.9. The van der Waals surface area contributed by atoms with Gasteiger partial charge in [-0.2, -0.15) is 0 Å². The average molecular weight is 927 g/mol. The second-order valence-electron chi connectivity index (χ2n) is 18.4. The molecule has 0 spiro atoms. The highest BCUT2D eigenvalue weighted by Crippen LogP contribution is 2.50. The Labute approximate surface area is 391 Å². The molecular formula is C56H64O8P2. The molecule has 0 bridgehead atoms. The molecule has 6 aromatic rings. The van der Waals surface area contributed by atoms with Crippen molar-refractivity contribution in [2.24, 2.45) is 0 Å². The van der Waals surface area contributed by atoms with Gasteiger partial charge in [0.15, 0.2) is 0 Å². The van der Waals surface area contributed by atoms with E-state index in [0.717, 1.165) is 44.5 Å². The molecule has 346 valence electrons. The van der Waals surface area contributed by atoms with Crippen LogP contribution in [0, 0.1) is 41.5 Å². The molecule has 0 radical (unpaired) electrons. The van der Waals surface area contributed by atoms with Gasteiger partial charge in [-0.3, -0.25) is 9.59 Å². The van der Waals surface area contributed by atoms with E-state index >= 15 is 4.57 Å². The highest BCUT2D eigenvalue weighted by Gasteiger charge is 2.40. The number of benzene rings is 6. The normalized spacial score (nSPS) is 12.3.